The molecule has 0 saturated heterocycles. The first kappa shape index (κ1) is 19.6. The zero-order valence-electron chi connectivity index (χ0n) is 16.5. The van der Waals surface area contributed by atoms with Crippen molar-refractivity contribution in [2.75, 3.05) is 11.6 Å². The molecule has 2 aliphatic rings. The maximum absolute atomic E-state index is 13.7. The van der Waals surface area contributed by atoms with Crippen LogP contribution >= 0.6 is 0 Å². The van der Waals surface area contributed by atoms with Gasteiger partial charge in [-0.25, -0.2) is 10.4 Å². The van der Waals surface area contributed by atoms with Crippen LogP contribution in [0.2, 0.25) is 0 Å². The first-order chi connectivity index (χ1) is 14.0. The number of fused-ring (bicyclic) bond motifs is 3. The minimum Gasteiger partial charge on any atom is -0.480 e. The molecule has 6 heteroatoms. The predicted octanol–water partition coefficient (Wildman–Crippen LogP) is 3.14. The third kappa shape index (κ3) is 3.91. The Labute approximate surface area is 170 Å². The molecule has 152 valence electrons. The van der Waals surface area contributed by atoms with E-state index in [1.54, 1.807) is 11.9 Å². The number of hydrogen-bond acceptors (Lipinski definition) is 4. The highest BCUT2D eigenvalue weighted by Gasteiger charge is 2.38. The predicted molar refractivity (Wildman–Crippen MR) is 112 cm³/mol. The second kappa shape index (κ2) is 7.97. The number of para-hydroxylation sites is 1. The minimum atomic E-state index is -1.04. The lowest BCUT2D eigenvalue weighted by atomic mass is 9.88. The lowest BCUT2D eigenvalue weighted by Gasteiger charge is -2.28. The van der Waals surface area contributed by atoms with Gasteiger partial charge in [0.2, 0.25) is 5.91 Å². The van der Waals surface area contributed by atoms with Crippen LogP contribution in [0.1, 0.15) is 37.7 Å². The van der Waals surface area contributed by atoms with Crippen molar-refractivity contribution in [1.82, 2.24) is 5.43 Å². The van der Waals surface area contributed by atoms with Crippen molar-refractivity contribution in [3.8, 4) is 11.1 Å². The molecule has 2 aromatic rings. The topological polar surface area (TPSA) is 95.7 Å². The molecule has 4 rings (SSSR count). The van der Waals surface area contributed by atoms with E-state index >= 15 is 0 Å². The quantitative estimate of drug-likeness (QED) is 0.672. The highest BCUT2D eigenvalue weighted by Crippen LogP contribution is 2.45. The Kier molecular flexibility index (Phi) is 5.39. The Balaban J connectivity index is 1.71. The zero-order chi connectivity index (χ0) is 20.5. The number of nitrogens with one attached hydrogen (secondary N) is 1. The molecule has 2 unspecified atom stereocenters. The van der Waals surface area contributed by atoms with E-state index < -0.39 is 12.0 Å². The van der Waals surface area contributed by atoms with Gasteiger partial charge in [0.05, 0.1) is 11.6 Å². The van der Waals surface area contributed by atoms with Gasteiger partial charge >= 0.3 is 5.97 Å². The Morgan fingerprint density at radius 1 is 1.17 bits per heavy atom. The first-order valence-corrected chi connectivity index (χ1v) is 10.2. The fourth-order valence-corrected chi connectivity index (χ4v) is 4.03. The third-order valence-corrected chi connectivity index (χ3v) is 6.03. The number of benzene rings is 2. The molecule has 3 atom stereocenters. The van der Waals surface area contributed by atoms with Crippen LogP contribution in [0.15, 0.2) is 48.5 Å². The van der Waals surface area contributed by atoms with Gasteiger partial charge in [-0.2, -0.15) is 0 Å². The number of aliphatic carboxylic acids is 1. The summed E-state index contributed by atoms with van der Waals surface area (Å²) in [4.78, 5) is 24.9. The molecule has 1 amide bonds. The van der Waals surface area contributed by atoms with Crippen LogP contribution in [-0.2, 0) is 9.59 Å². The summed E-state index contributed by atoms with van der Waals surface area (Å²) in [5.41, 5.74) is 12.9. The van der Waals surface area contributed by atoms with Gasteiger partial charge in [-0.15, -0.1) is 0 Å². The van der Waals surface area contributed by atoms with Crippen molar-refractivity contribution in [1.29, 1.82) is 0 Å². The van der Waals surface area contributed by atoms with Crippen molar-refractivity contribution in [3.05, 3.63) is 54.1 Å². The fourth-order valence-electron chi connectivity index (χ4n) is 4.03. The maximum atomic E-state index is 13.7. The number of carboxylic acids is 1. The van der Waals surface area contributed by atoms with E-state index in [1.807, 2.05) is 36.4 Å². The Bertz CT molecular complexity index is 925. The third-order valence-electron chi connectivity index (χ3n) is 6.03. The summed E-state index contributed by atoms with van der Waals surface area (Å²) >= 11 is 0. The molecule has 1 heterocycles. The summed E-state index contributed by atoms with van der Waals surface area (Å²) in [6, 6.07) is 15.0. The number of carboxylic acid groups (broad SMARTS) is 1. The molecule has 1 fully saturated rings. The second-order valence-electron chi connectivity index (χ2n) is 8.21. The van der Waals surface area contributed by atoms with Crippen molar-refractivity contribution in [2.24, 2.45) is 17.6 Å². The average molecular weight is 393 g/mol. The monoisotopic (exact) mass is 393 g/mol. The van der Waals surface area contributed by atoms with Crippen LogP contribution < -0.4 is 16.2 Å². The summed E-state index contributed by atoms with van der Waals surface area (Å²) < 4.78 is 0. The van der Waals surface area contributed by atoms with Crippen LogP contribution in [0.5, 0.6) is 0 Å². The number of anilines is 1. The van der Waals surface area contributed by atoms with Crippen LogP contribution in [0.3, 0.4) is 0 Å². The number of amides is 1. The van der Waals surface area contributed by atoms with Crippen molar-refractivity contribution < 1.29 is 14.7 Å². The molecule has 29 heavy (non-hydrogen) atoms. The largest absolute Gasteiger partial charge is 0.480 e. The van der Waals surface area contributed by atoms with Crippen LogP contribution in [0, 0.1) is 11.8 Å². The maximum Gasteiger partial charge on any atom is 0.320 e. The van der Waals surface area contributed by atoms with Gasteiger partial charge in [0.1, 0.15) is 6.04 Å². The second-order valence-corrected chi connectivity index (χ2v) is 8.21. The molecule has 0 spiro atoms. The van der Waals surface area contributed by atoms with E-state index in [2.05, 4.69) is 17.6 Å². The van der Waals surface area contributed by atoms with E-state index in [0.717, 1.165) is 28.8 Å². The minimum absolute atomic E-state index is 0.00500. The van der Waals surface area contributed by atoms with E-state index in [9.17, 15) is 14.7 Å². The van der Waals surface area contributed by atoms with Crippen LogP contribution in [0.25, 0.3) is 11.1 Å². The van der Waals surface area contributed by atoms with Crippen molar-refractivity contribution >= 4 is 17.6 Å². The SMILES string of the molecule is CC(CNN1C(=O)C(CC2CC2)c2ccccc2-c2ccccc21)[C@H](N)C(=O)O. The molecule has 0 radical (unpaired) electrons. The highest BCUT2D eigenvalue weighted by molar-refractivity contribution is 6.04. The summed E-state index contributed by atoms with van der Waals surface area (Å²) in [5, 5.41) is 10.8. The van der Waals surface area contributed by atoms with Gasteiger partial charge in [-0.1, -0.05) is 62.2 Å². The van der Waals surface area contributed by atoms with Crippen molar-refractivity contribution in [3.63, 3.8) is 0 Å². The summed E-state index contributed by atoms with van der Waals surface area (Å²) in [7, 11) is 0. The average Bonchev–Trinajstić information content (AvgIpc) is 3.56. The number of nitrogens with zero attached hydrogens (tertiary/aromatic N) is 1. The Morgan fingerprint density at radius 2 is 1.83 bits per heavy atom. The van der Waals surface area contributed by atoms with Crippen molar-refractivity contribution in [2.45, 2.75) is 38.1 Å². The zero-order valence-corrected chi connectivity index (χ0v) is 16.5. The molecule has 2 aromatic carbocycles. The smallest absolute Gasteiger partial charge is 0.320 e. The molecule has 1 saturated carbocycles. The number of carbonyl (C=O) groups excluding carboxylic acids is 1. The molecule has 1 aliphatic carbocycles. The molecule has 4 N–H and O–H groups in total. The number of rotatable bonds is 7. The molecule has 0 bridgehead atoms. The first-order valence-electron chi connectivity index (χ1n) is 10.2. The summed E-state index contributed by atoms with van der Waals surface area (Å²) in [6.07, 6.45) is 3.19. The van der Waals surface area contributed by atoms with Gasteiger partial charge in [0.25, 0.3) is 0 Å². The van der Waals surface area contributed by atoms with Gasteiger partial charge in [0.15, 0.2) is 0 Å². The number of carbonyl (C=O) groups is 2. The highest BCUT2D eigenvalue weighted by atomic mass is 16.4. The number of hydrogen-bond donors (Lipinski definition) is 3. The molecule has 1 aliphatic heterocycles. The van der Waals surface area contributed by atoms with Gasteiger partial charge in [-0.05, 0) is 35.4 Å². The molecule has 0 aromatic heterocycles. The lowest BCUT2D eigenvalue weighted by Crippen LogP contribution is -2.50. The van der Waals surface area contributed by atoms with E-state index in [1.165, 1.54) is 12.8 Å². The molecule has 6 nitrogen and oxygen atoms in total. The Hall–Kier alpha value is -2.70. The van der Waals surface area contributed by atoms with E-state index in [-0.39, 0.29) is 17.7 Å². The Morgan fingerprint density at radius 3 is 2.52 bits per heavy atom. The van der Waals surface area contributed by atoms with Gasteiger partial charge in [-0.3, -0.25) is 9.59 Å². The molecular formula is C23H27N3O3. The normalized spacial score (nSPS) is 20.4. The lowest BCUT2D eigenvalue weighted by molar-refractivity contribution is -0.139. The molecular weight excluding hydrogens is 366 g/mol. The van der Waals surface area contributed by atoms with Gasteiger partial charge in [0, 0.05) is 12.1 Å². The van der Waals surface area contributed by atoms with E-state index in [0.29, 0.717) is 12.5 Å². The van der Waals surface area contributed by atoms with Crippen LogP contribution in [0.4, 0.5) is 5.69 Å². The standard InChI is InChI=1S/C23H27N3O3/c1-14(21(24)23(28)29)13-25-26-20-9-5-4-8-18(20)16-6-2-3-7-17(16)19(22(26)27)12-15-10-11-15/h2-9,14-15,19,21,25H,10-13,24H2,1H3,(H,28,29)/t14?,19?,21-/m0/s1. The van der Waals surface area contributed by atoms with Gasteiger partial charge < -0.3 is 10.8 Å². The van der Waals surface area contributed by atoms with Crippen LogP contribution in [-0.4, -0.2) is 29.6 Å². The fraction of sp³-hybridized carbons (Fsp3) is 0.391. The summed E-state index contributed by atoms with van der Waals surface area (Å²) in [5.74, 6) is -0.993. The summed E-state index contributed by atoms with van der Waals surface area (Å²) in [6.45, 7) is 2.07. The number of nitrogens with two attached hydrogens (primary N) is 1. The van der Waals surface area contributed by atoms with E-state index in [4.69, 9.17) is 5.73 Å². The number of hydrazine groups is 1.